The Hall–Kier alpha value is -2.44. The number of methoxy groups -OCH3 is 1. The van der Waals surface area contributed by atoms with E-state index in [1.54, 1.807) is 14.2 Å². The van der Waals surface area contributed by atoms with Gasteiger partial charge in [-0.25, -0.2) is 0 Å². The number of piperidine rings is 1. The molecule has 1 aromatic carbocycles. The molecule has 1 amide bonds. The van der Waals surface area contributed by atoms with E-state index in [0.717, 1.165) is 56.2 Å². The van der Waals surface area contributed by atoms with Gasteiger partial charge in [0.25, 0.3) is 0 Å². The van der Waals surface area contributed by atoms with Crippen molar-refractivity contribution in [1.29, 1.82) is 0 Å². The summed E-state index contributed by atoms with van der Waals surface area (Å²) in [7, 11) is 3.42. The highest BCUT2D eigenvalue weighted by Gasteiger charge is 2.26. The summed E-state index contributed by atoms with van der Waals surface area (Å²) in [4.78, 5) is 18.9. The van der Waals surface area contributed by atoms with Crippen molar-refractivity contribution in [3.63, 3.8) is 0 Å². The Labute approximate surface area is 181 Å². The molecule has 2 N–H and O–H groups in total. The van der Waals surface area contributed by atoms with Crippen LogP contribution in [0.15, 0.2) is 29.3 Å². The summed E-state index contributed by atoms with van der Waals surface area (Å²) in [6, 6.07) is 7.92. The van der Waals surface area contributed by atoms with Crippen LogP contribution in [0, 0.1) is 5.92 Å². The summed E-state index contributed by atoms with van der Waals surface area (Å²) in [6.07, 6.45) is 3.67. The van der Waals surface area contributed by atoms with Gasteiger partial charge in [-0.3, -0.25) is 9.79 Å². The second-order valence-corrected chi connectivity index (χ2v) is 7.82. The molecule has 0 bridgehead atoms. The van der Waals surface area contributed by atoms with Gasteiger partial charge < -0.3 is 25.0 Å². The van der Waals surface area contributed by atoms with Crippen LogP contribution in [0.3, 0.4) is 0 Å². The van der Waals surface area contributed by atoms with E-state index >= 15 is 0 Å². The van der Waals surface area contributed by atoms with Crippen molar-refractivity contribution in [2.24, 2.45) is 10.9 Å². The van der Waals surface area contributed by atoms with Gasteiger partial charge in [0.2, 0.25) is 5.91 Å². The highest BCUT2D eigenvalue weighted by atomic mass is 16.5. The summed E-state index contributed by atoms with van der Waals surface area (Å²) in [5.74, 6) is 2.79. The lowest BCUT2D eigenvalue weighted by Gasteiger charge is -2.35. The molecule has 0 spiro atoms. The maximum absolute atomic E-state index is 12.6. The van der Waals surface area contributed by atoms with E-state index in [4.69, 9.17) is 9.47 Å². The van der Waals surface area contributed by atoms with Crippen molar-refractivity contribution in [3.05, 3.63) is 24.3 Å². The molecule has 1 aromatic rings. The molecule has 0 aromatic heterocycles. The van der Waals surface area contributed by atoms with Crippen LogP contribution < -0.4 is 20.1 Å². The molecule has 1 aliphatic heterocycles. The third-order valence-corrected chi connectivity index (χ3v) is 5.64. The molecule has 1 aliphatic rings. The molecule has 1 fully saturated rings. The van der Waals surface area contributed by atoms with Crippen molar-refractivity contribution < 1.29 is 14.3 Å². The van der Waals surface area contributed by atoms with Crippen molar-refractivity contribution in [2.75, 3.05) is 33.8 Å². The van der Waals surface area contributed by atoms with E-state index in [9.17, 15) is 4.79 Å². The number of amides is 1. The lowest BCUT2D eigenvalue weighted by atomic mass is 9.98. The Kier molecular flexibility index (Phi) is 9.77. The summed E-state index contributed by atoms with van der Waals surface area (Å²) in [6.45, 7) is 8.44. The third kappa shape index (κ3) is 7.11. The highest BCUT2D eigenvalue weighted by Crippen LogP contribution is 2.20. The minimum absolute atomic E-state index is 0.0323. The lowest BCUT2D eigenvalue weighted by molar-refractivity contribution is -0.136. The highest BCUT2D eigenvalue weighted by molar-refractivity contribution is 5.80. The maximum Gasteiger partial charge on any atom is 0.225 e. The Morgan fingerprint density at radius 3 is 2.50 bits per heavy atom. The van der Waals surface area contributed by atoms with Crippen molar-refractivity contribution in [3.8, 4) is 11.5 Å². The zero-order valence-corrected chi connectivity index (χ0v) is 19.1. The largest absolute Gasteiger partial charge is 0.497 e. The first kappa shape index (κ1) is 23.8. The summed E-state index contributed by atoms with van der Waals surface area (Å²) < 4.78 is 11.2. The van der Waals surface area contributed by atoms with E-state index in [1.807, 2.05) is 36.1 Å². The number of likely N-dealkylation sites (tertiary alicyclic amines) is 1. The second-order valence-electron chi connectivity index (χ2n) is 7.82. The number of aliphatic imine (C=N–C) groups is 1. The molecular weight excluding hydrogens is 380 g/mol. The number of nitrogens with zero attached hydrogens (tertiary/aromatic N) is 2. The number of carbonyl (C=O) groups is 1. The molecule has 30 heavy (non-hydrogen) atoms. The number of rotatable bonds is 9. The molecule has 1 heterocycles. The van der Waals surface area contributed by atoms with Gasteiger partial charge in [0.05, 0.1) is 13.7 Å². The van der Waals surface area contributed by atoms with Crippen molar-refractivity contribution in [2.45, 2.75) is 58.6 Å². The van der Waals surface area contributed by atoms with Gasteiger partial charge in [0.1, 0.15) is 17.6 Å². The van der Waals surface area contributed by atoms with E-state index in [1.165, 1.54) is 0 Å². The first-order chi connectivity index (χ1) is 14.5. The first-order valence-corrected chi connectivity index (χ1v) is 11.1. The van der Waals surface area contributed by atoms with Gasteiger partial charge in [-0.05, 0) is 44.7 Å². The molecule has 0 aliphatic carbocycles. The average Bonchev–Trinajstić information content (AvgIpc) is 2.77. The van der Waals surface area contributed by atoms with Crippen molar-refractivity contribution in [1.82, 2.24) is 15.5 Å². The SMILES string of the molecule is CCC(CC)C(=O)N1CCC(NC(=NC)NCC(C)Oc2cccc(OC)c2)CC1. The van der Waals surface area contributed by atoms with Crippen LogP contribution in [0.2, 0.25) is 0 Å². The summed E-state index contributed by atoms with van der Waals surface area (Å²) >= 11 is 0. The van der Waals surface area contributed by atoms with Crippen LogP contribution in [0.5, 0.6) is 11.5 Å². The predicted octanol–water partition coefficient (Wildman–Crippen LogP) is 3.05. The minimum Gasteiger partial charge on any atom is -0.497 e. The van der Waals surface area contributed by atoms with Crippen LogP contribution in [0.4, 0.5) is 0 Å². The molecule has 2 rings (SSSR count). The normalized spacial score (nSPS) is 16.3. The number of guanidine groups is 1. The zero-order valence-electron chi connectivity index (χ0n) is 19.1. The molecular formula is C23H38N4O3. The molecule has 168 valence electrons. The maximum atomic E-state index is 12.6. The smallest absolute Gasteiger partial charge is 0.225 e. The van der Waals surface area contributed by atoms with Gasteiger partial charge >= 0.3 is 0 Å². The van der Waals surface area contributed by atoms with Gasteiger partial charge in [-0.15, -0.1) is 0 Å². The standard InChI is InChI=1S/C23H38N4O3/c1-6-18(7-2)22(28)27-13-11-19(12-14-27)26-23(24-4)25-16-17(3)30-21-10-8-9-20(15-21)29-5/h8-10,15,17-19H,6-7,11-14,16H2,1-5H3,(H2,24,25,26). The fourth-order valence-electron chi connectivity index (χ4n) is 3.72. The topological polar surface area (TPSA) is 75.2 Å². The van der Waals surface area contributed by atoms with Gasteiger partial charge in [0.15, 0.2) is 5.96 Å². The number of ether oxygens (including phenoxy) is 2. The van der Waals surface area contributed by atoms with Gasteiger partial charge in [-0.2, -0.15) is 0 Å². The van der Waals surface area contributed by atoms with Crippen LogP contribution in [0.1, 0.15) is 46.5 Å². The predicted molar refractivity (Wildman–Crippen MR) is 121 cm³/mol. The van der Waals surface area contributed by atoms with Crippen LogP contribution in [0.25, 0.3) is 0 Å². The second kappa shape index (κ2) is 12.3. The summed E-state index contributed by atoms with van der Waals surface area (Å²) in [5, 5.41) is 6.82. The van der Waals surface area contributed by atoms with Crippen LogP contribution in [-0.4, -0.2) is 62.7 Å². The number of hydrogen-bond donors (Lipinski definition) is 2. The van der Waals surface area contributed by atoms with Crippen LogP contribution in [-0.2, 0) is 4.79 Å². The number of nitrogens with one attached hydrogen (secondary N) is 2. The molecule has 7 heteroatoms. The Bertz CT molecular complexity index is 683. The van der Waals surface area contributed by atoms with Gasteiger partial charge in [0, 0.05) is 38.2 Å². The van der Waals surface area contributed by atoms with E-state index in [-0.39, 0.29) is 12.0 Å². The van der Waals surface area contributed by atoms with Crippen LogP contribution >= 0.6 is 0 Å². The zero-order chi connectivity index (χ0) is 21.9. The summed E-state index contributed by atoms with van der Waals surface area (Å²) in [5.41, 5.74) is 0. The molecule has 1 unspecified atom stereocenters. The monoisotopic (exact) mass is 418 g/mol. The number of hydrogen-bond acceptors (Lipinski definition) is 4. The van der Waals surface area contributed by atoms with E-state index < -0.39 is 0 Å². The quantitative estimate of drug-likeness (QED) is 0.476. The first-order valence-electron chi connectivity index (χ1n) is 11.1. The Morgan fingerprint density at radius 1 is 1.23 bits per heavy atom. The molecule has 7 nitrogen and oxygen atoms in total. The van der Waals surface area contributed by atoms with E-state index in [0.29, 0.717) is 18.5 Å². The third-order valence-electron chi connectivity index (χ3n) is 5.64. The fraction of sp³-hybridized carbons (Fsp3) is 0.652. The Balaban J connectivity index is 1.75. The molecule has 1 saturated heterocycles. The van der Waals surface area contributed by atoms with E-state index in [2.05, 4.69) is 29.5 Å². The molecule has 0 saturated carbocycles. The van der Waals surface area contributed by atoms with Crippen molar-refractivity contribution >= 4 is 11.9 Å². The fourth-order valence-corrected chi connectivity index (χ4v) is 3.72. The number of carbonyl (C=O) groups excluding carboxylic acids is 1. The molecule has 0 radical (unpaired) electrons. The average molecular weight is 419 g/mol. The number of benzene rings is 1. The Morgan fingerprint density at radius 2 is 1.90 bits per heavy atom. The molecule has 1 atom stereocenters. The lowest BCUT2D eigenvalue weighted by Crippen LogP contribution is -2.51. The van der Waals surface area contributed by atoms with Gasteiger partial charge in [-0.1, -0.05) is 19.9 Å². The minimum atomic E-state index is -0.0323.